The first kappa shape index (κ1) is 15.8. The van der Waals surface area contributed by atoms with Gasteiger partial charge in [0.05, 0.1) is 0 Å². The molecule has 0 radical (unpaired) electrons. The van der Waals surface area contributed by atoms with E-state index < -0.39 is 0 Å². The Morgan fingerprint density at radius 2 is 1.41 bits per heavy atom. The molecule has 1 aliphatic carbocycles. The van der Waals surface area contributed by atoms with Crippen molar-refractivity contribution in [2.75, 3.05) is 0 Å². The van der Waals surface area contributed by atoms with Gasteiger partial charge in [-0.1, -0.05) is 0 Å². The van der Waals surface area contributed by atoms with Crippen LogP contribution in [-0.4, -0.2) is 24.7 Å². The molecule has 3 heteroatoms. The first-order valence-corrected chi connectivity index (χ1v) is 13.3. The third-order valence-corrected chi connectivity index (χ3v) is 16.8. The second-order valence-corrected chi connectivity index (χ2v) is 16.1. The standard InChI is InChI=1S/C14H25AsP2/c1-9-10(2)12(4)14(8,11(9)3)17-15-16-13(5,6)7/h17H,1-8H3. The summed E-state index contributed by atoms with van der Waals surface area (Å²) < 4.78 is 0. The molecule has 0 saturated heterocycles. The molecule has 1 aliphatic rings. The van der Waals surface area contributed by atoms with E-state index in [9.17, 15) is 0 Å². The van der Waals surface area contributed by atoms with E-state index in [4.69, 9.17) is 0 Å². The van der Waals surface area contributed by atoms with Crippen molar-refractivity contribution in [2.45, 2.75) is 65.7 Å². The maximum absolute atomic E-state index is 2.46. The minimum absolute atomic E-state index is 0.395. The first-order chi connectivity index (χ1) is 7.59. The summed E-state index contributed by atoms with van der Waals surface area (Å²) >= 11 is 0.461. The average Bonchev–Trinajstić information content (AvgIpc) is 2.33. The molecule has 1 atom stereocenters. The van der Waals surface area contributed by atoms with Gasteiger partial charge in [0.2, 0.25) is 0 Å². The van der Waals surface area contributed by atoms with Gasteiger partial charge in [-0.25, -0.2) is 0 Å². The molecule has 0 spiro atoms. The molecule has 0 nitrogen and oxygen atoms in total. The molecule has 0 amide bonds. The fourth-order valence-corrected chi connectivity index (χ4v) is 17.4. The molecule has 96 valence electrons. The Morgan fingerprint density at radius 3 is 1.76 bits per heavy atom. The molecule has 0 aliphatic heterocycles. The van der Waals surface area contributed by atoms with Crippen LogP contribution in [0.25, 0.3) is 0 Å². The molecule has 1 rings (SSSR count). The van der Waals surface area contributed by atoms with E-state index in [2.05, 4.69) is 55.4 Å². The van der Waals surface area contributed by atoms with Gasteiger partial charge >= 0.3 is 116 Å². The second kappa shape index (κ2) is 5.41. The zero-order chi connectivity index (χ0) is 13.4. The van der Waals surface area contributed by atoms with Crippen LogP contribution in [0.5, 0.6) is 0 Å². The van der Waals surface area contributed by atoms with E-state index in [-0.39, 0.29) is 0 Å². The van der Waals surface area contributed by atoms with Gasteiger partial charge in [-0.2, -0.15) is 0 Å². The van der Waals surface area contributed by atoms with Crippen molar-refractivity contribution in [1.29, 1.82) is 0 Å². The molecule has 1 unspecified atom stereocenters. The van der Waals surface area contributed by atoms with E-state index in [0.29, 0.717) is 24.7 Å². The third-order valence-electron chi connectivity index (χ3n) is 3.81. The Balaban J connectivity index is 2.95. The van der Waals surface area contributed by atoms with E-state index in [1.807, 2.05) is 0 Å². The zero-order valence-electron chi connectivity index (χ0n) is 12.4. The van der Waals surface area contributed by atoms with Crippen LogP contribution in [-0.2, 0) is 0 Å². The van der Waals surface area contributed by atoms with Gasteiger partial charge in [-0.15, -0.1) is 0 Å². The maximum atomic E-state index is 2.46. The number of hydrogen-bond donors (Lipinski definition) is 0. The summed E-state index contributed by atoms with van der Waals surface area (Å²) in [6.45, 7) is 20.5. The monoisotopic (exact) mass is 330 g/mol. The van der Waals surface area contributed by atoms with Gasteiger partial charge in [-0.3, -0.25) is 0 Å². The molecule has 0 saturated carbocycles. The van der Waals surface area contributed by atoms with Crippen LogP contribution in [0.2, 0.25) is 0 Å². The first-order valence-electron chi connectivity index (χ1n) is 6.15. The Bertz CT molecular complexity index is 384. The Labute approximate surface area is 116 Å². The van der Waals surface area contributed by atoms with Gasteiger partial charge in [0.1, 0.15) is 0 Å². The SMILES string of the molecule is CC1=C(C)C(C)(P[As]=PC(C)(C)C)C(C)=C1C. The molecule has 0 aromatic carbocycles. The molecule has 0 aromatic heterocycles. The molecular formula is C14H25AsP2. The van der Waals surface area contributed by atoms with Gasteiger partial charge in [-0.05, 0) is 0 Å². The van der Waals surface area contributed by atoms with Crippen LogP contribution in [0, 0.1) is 0 Å². The molecular weight excluding hydrogens is 305 g/mol. The van der Waals surface area contributed by atoms with Gasteiger partial charge in [0.25, 0.3) is 0 Å². The normalized spacial score (nSPS) is 21.6. The van der Waals surface area contributed by atoms with Gasteiger partial charge < -0.3 is 0 Å². The van der Waals surface area contributed by atoms with Gasteiger partial charge in [0, 0.05) is 0 Å². The summed E-state index contributed by atoms with van der Waals surface area (Å²) in [6, 6.07) is 0. The molecule has 0 bridgehead atoms. The van der Waals surface area contributed by atoms with Crippen molar-refractivity contribution in [3.63, 3.8) is 0 Å². The third kappa shape index (κ3) is 3.41. The summed E-state index contributed by atoms with van der Waals surface area (Å²) in [6.07, 6.45) is 0. The summed E-state index contributed by atoms with van der Waals surface area (Å²) in [7, 11) is 1.11. The fourth-order valence-electron chi connectivity index (χ4n) is 2.04. The summed E-state index contributed by atoms with van der Waals surface area (Å²) in [5, 5.41) is 0.883. The quantitative estimate of drug-likeness (QED) is 0.470. The van der Waals surface area contributed by atoms with Crippen LogP contribution in [0.15, 0.2) is 22.3 Å². The van der Waals surface area contributed by atoms with Crippen molar-refractivity contribution >= 4 is 28.2 Å². The summed E-state index contributed by atoms with van der Waals surface area (Å²) in [4.78, 5) is 0. The second-order valence-electron chi connectivity index (χ2n) is 6.11. The van der Waals surface area contributed by atoms with Crippen LogP contribution >= 0.6 is 13.8 Å². The Kier molecular flexibility index (Phi) is 5.03. The predicted molar refractivity (Wildman–Crippen MR) is 85.9 cm³/mol. The zero-order valence-corrected chi connectivity index (χ0v) is 16.2. The Morgan fingerprint density at radius 1 is 1.00 bits per heavy atom. The van der Waals surface area contributed by atoms with Gasteiger partial charge in [0.15, 0.2) is 0 Å². The predicted octanol–water partition coefficient (Wildman–Crippen LogP) is 5.39. The summed E-state index contributed by atoms with van der Waals surface area (Å²) in [5.74, 6) is 0. The van der Waals surface area contributed by atoms with Crippen LogP contribution in [0.1, 0.15) is 55.4 Å². The van der Waals surface area contributed by atoms with Crippen molar-refractivity contribution < 1.29 is 0 Å². The van der Waals surface area contributed by atoms with Crippen molar-refractivity contribution in [1.82, 2.24) is 0 Å². The summed E-state index contributed by atoms with van der Waals surface area (Å²) in [5.41, 5.74) is 6.35. The van der Waals surface area contributed by atoms with Crippen LogP contribution in [0.4, 0.5) is 0 Å². The molecule has 0 aromatic rings. The Hall–Kier alpha value is 0.768. The molecule has 0 heterocycles. The van der Waals surface area contributed by atoms with Crippen molar-refractivity contribution in [3.05, 3.63) is 22.3 Å². The van der Waals surface area contributed by atoms with Crippen molar-refractivity contribution in [2.24, 2.45) is 0 Å². The van der Waals surface area contributed by atoms with E-state index >= 15 is 0 Å². The van der Waals surface area contributed by atoms with Crippen LogP contribution < -0.4 is 0 Å². The molecule has 0 N–H and O–H groups in total. The number of hydrogen-bond acceptors (Lipinski definition) is 0. The molecule has 0 fully saturated rings. The average molecular weight is 330 g/mol. The van der Waals surface area contributed by atoms with E-state index in [1.54, 1.807) is 29.0 Å². The number of allylic oxidation sites excluding steroid dienone is 4. The topological polar surface area (TPSA) is 0 Å². The molecule has 17 heavy (non-hydrogen) atoms. The minimum atomic E-state index is 0.395. The number of rotatable bonds is 2. The van der Waals surface area contributed by atoms with E-state index in [1.165, 1.54) is 0 Å². The van der Waals surface area contributed by atoms with Crippen molar-refractivity contribution in [3.8, 4) is 0 Å². The van der Waals surface area contributed by atoms with Crippen LogP contribution in [0.3, 0.4) is 0 Å². The van der Waals surface area contributed by atoms with E-state index in [0.717, 1.165) is 7.14 Å². The fraction of sp³-hybridized carbons (Fsp3) is 0.714.